The molecule has 0 saturated heterocycles. The number of carboxylic acids is 1. The number of halogens is 1. The number of carboxylic acid groups (broad SMARTS) is 1. The second-order valence-corrected chi connectivity index (χ2v) is 7.51. The second-order valence-electron chi connectivity index (χ2n) is 5.79. The highest BCUT2D eigenvalue weighted by atomic mass is 32.2. The van der Waals surface area contributed by atoms with Crippen LogP contribution in [0.5, 0.6) is 0 Å². The topological polar surface area (TPSA) is 104 Å². The van der Waals surface area contributed by atoms with Gasteiger partial charge in [-0.1, -0.05) is 6.07 Å². The third-order valence-corrected chi connectivity index (χ3v) is 5.04. The molecule has 0 radical (unpaired) electrons. The number of sulfonamides is 1. The summed E-state index contributed by atoms with van der Waals surface area (Å²) in [6.07, 6.45) is 0. The number of rotatable bonds is 6. The molecule has 0 aromatic heterocycles. The van der Waals surface area contributed by atoms with Crippen LogP contribution in [0.25, 0.3) is 11.1 Å². The summed E-state index contributed by atoms with van der Waals surface area (Å²) in [4.78, 5) is 11.1. The SMILES string of the molecule is CC(C)NS(=O)(=O)c1cc(C(=O)O)cc(-c2ccc(F)c(CO)c2)c1. The van der Waals surface area contributed by atoms with Gasteiger partial charge in [0.25, 0.3) is 0 Å². The maximum atomic E-state index is 13.5. The molecule has 0 aliphatic carbocycles. The molecule has 2 aromatic carbocycles. The minimum Gasteiger partial charge on any atom is -0.478 e. The second kappa shape index (κ2) is 7.30. The van der Waals surface area contributed by atoms with Crippen LogP contribution in [-0.4, -0.2) is 30.6 Å². The summed E-state index contributed by atoms with van der Waals surface area (Å²) < 4.78 is 40.7. The molecule has 0 atom stereocenters. The number of carbonyl (C=O) groups is 1. The zero-order valence-electron chi connectivity index (χ0n) is 13.7. The van der Waals surface area contributed by atoms with Crippen molar-refractivity contribution in [1.82, 2.24) is 4.72 Å². The summed E-state index contributed by atoms with van der Waals surface area (Å²) in [6, 6.07) is 7.18. The lowest BCUT2D eigenvalue weighted by Gasteiger charge is -2.13. The Bertz CT molecular complexity index is 909. The van der Waals surface area contributed by atoms with E-state index in [4.69, 9.17) is 0 Å². The highest BCUT2D eigenvalue weighted by Gasteiger charge is 2.19. The van der Waals surface area contributed by atoms with Crippen molar-refractivity contribution in [2.45, 2.75) is 31.4 Å². The Morgan fingerprint density at radius 3 is 2.40 bits per heavy atom. The molecule has 6 nitrogen and oxygen atoms in total. The zero-order valence-corrected chi connectivity index (χ0v) is 14.5. The standard InChI is InChI=1S/C17H18FNO5S/c1-10(2)19-25(23,24)15-7-12(6-13(8-15)17(21)22)11-3-4-16(18)14(5-11)9-20/h3-8,10,19-20H,9H2,1-2H3,(H,21,22). The first-order chi connectivity index (χ1) is 11.6. The molecule has 8 heteroatoms. The van der Waals surface area contributed by atoms with E-state index < -0.39 is 28.4 Å². The van der Waals surface area contributed by atoms with E-state index in [2.05, 4.69) is 4.72 Å². The summed E-state index contributed by atoms with van der Waals surface area (Å²) in [5.41, 5.74) is 0.507. The first kappa shape index (κ1) is 19.0. The van der Waals surface area contributed by atoms with Gasteiger partial charge in [-0.15, -0.1) is 0 Å². The third-order valence-electron chi connectivity index (χ3n) is 3.40. The van der Waals surface area contributed by atoms with E-state index in [-0.39, 0.29) is 22.1 Å². The van der Waals surface area contributed by atoms with Gasteiger partial charge in [0.15, 0.2) is 0 Å². The van der Waals surface area contributed by atoms with E-state index >= 15 is 0 Å². The first-order valence-electron chi connectivity index (χ1n) is 7.44. The van der Waals surface area contributed by atoms with Crippen molar-refractivity contribution >= 4 is 16.0 Å². The average Bonchev–Trinajstić information content (AvgIpc) is 2.53. The molecule has 2 aromatic rings. The van der Waals surface area contributed by atoms with Crippen LogP contribution in [-0.2, 0) is 16.6 Å². The van der Waals surface area contributed by atoms with Gasteiger partial charge >= 0.3 is 5.97 Å². The summed E-state index contributed by atoms with van der Waals surface area (Å²) in [6.45, 7) is 2.76. The Morgan fingerprint density at radius 1 is 1.16 bits per heavy atom. The van der Waals surface area contributed by atoms with Gasteiger partial charge in [-0.3, -0.25) is 0 Å². The number of hydrogen-bond donors (Lipinski definition) is 3. The molecular formula is C17H18FNO5S. The van der Waals surface area contributed by atoms with Gasteiger partial charge in [0.05, 0.1) is 17.1 Å². The molecule has 3 N–H and O–H groups in total. The maximum Gasteiger partial charge on any atom is 0.335 e. The lowest BCUT2D eigenvalue weighted by Crippen LogP contribution is -2.30. The Labute approximate surface area is 145 Å². The quantitative estimate of drug-likeness (QED) is 0.727. The van der Waals surface area contributed by atoms with Crippen LogP contribution in [0, 0.1) is 5.82 Å². The van der Waals surface area contributed by atoms with E-state index in [1.807, 2.05) is 0 Å². The van der Waals surface area contributed by atoms with Crippen LogP contribution in [0.15, 0.2) is 41.3 Å². The normalized spacial score (nSPS) is 11.7. The van der Waals surface area contributed by atoms with Gasteiger partial charge < -0.3 is 10.2 Å². The van der Waals surface area contributed by atoms with Crippen molar-refractivity contribution in [2.75, 3.05) is 0 Å². The molecule has 0 amide bonds. The summed E-state index contributed by atoms with van der Waals surface area (Å²) in [5, 5.41) is 18.4. The number of aliphatic hydroxyl groups excluding tert-OH is 1. The molecule has 0 fully saturated rings. The summed E-state index contributed by atoms with van der Waals surface area (Å²) in [7, 11) is -3.91. The molecule has 134 valence electrons. The van der Waals surface area contributed by atoms with E-state index in [0.29, 0.717) is 11.1 Å². The largest absolute Gasteiger partial charge is 0.478 e. The molecule has 0 heterocycles. The number of aliphatic hydroxyl groups is 1. The monoisotopic (exact) mass is 367 g/mol. The Balaban J connectivity index is 2.65. The van der Waals surface area contributed by atoms with Crippen LogP contribution in [0.3, 0.4) is 0 Å². The number of nitrogens with one attached hydrogen (secondary N) is 1. The predicted molar refractivity (Wildman–Crippen MR) is 90.2 cm³/mol. The van der Waals surface area contributed by atoms with Crippen LogP contribution >= 0.6 is 0 Å². The van der Waals surface area contributed by atoms with Crippen molar-refractivity contribution in [3.05, 3.63) is 53.3 Å². The van der Waals surface area contributed by atoms with Crippen LogP contribution in [0.4, 0.5) is 4.39 Å². The van der Waals surface area contributed by atoms with Gasteiger partial charge in [-0.25, -0.2) is 22.3 Å². The van der Waals surface area contributed by atoms with Crippen molar-refractivity contribution < 1.29 is 27.8 Å². The Morgan fingerprint density at radius 2 is 1.84 bits per heavy atom. The molecule has 25 heavy (non-hydrogen) atoms. The molecule has 0 bridgehead atoms. The Hall–Kier alpha value is -2.29. The van der Waals surface area contributed by atoms with Crippen molar-refractivity contribution in [3.63, 3.8) is 0 Å². The lowest BCUT2D eigenvalue weighted by molar-refractivity contribution is 0.0696. The van der Waals surface area contributed by atoms with E-state index in [1.54, 1.807) is 13.8 Å². The predicted octanol–water partition coefficient (Wildman–Crippen LogP) is 2.37. The van der Waals surface area contributed by atoms with Gasteiger partial charge in [0.1, 0.15) is 5.82 Å². The molecule has 0 spiro atoms. The molecule has 0 saturated carbocycles. The molecule has 2 rings (SSSR count). The highest BCUT2D eigenvalue weighted by Crippen LogP contribution is 2.27. The van der Waals surface area contributed by atoms with Crippen LogP contribution in [0.2, 0.25) is 0 Å². The smallest absolute Gasteiger partial charge is 0.335 e. The fraction of sp³-hybridized carbons (Fsp3) is 0.235. The average molecular weight is 367 g/mol. The highest BCUT2D eigenvalue weighted by molar-refractivity contribution is 7.89. The fourth-order valence-electron chi connectivity index (χ4n) is 2.30. The van der Waals surface area contributed by atoms with Crippen LogP contribution < -0.4 is 4.72 Å². The first-order valence-corrected chi connectivity index (χ1v) is 8.92. The minimum atomic E-state index is -3.91. The van der Waals surface area contributed by atoms with Gasteiger partial charge in [0.2, 0.25) is 10.0 Å². The molecule has 0 aliphatic heterocycles. The van der Waals surface area contributed by atoms with Crippen molar-refractivity contribution in [2.24, 2.45) is 0 Å². The fourth-order valence-corrected chi connectivity index (χ4v) is 3.62. The number of hydrogen-bond acceptors (Lipinski definition) is 4. The molecular weight excluding hydrogens is 349 g/mol. The number of aromatic carboxylic acids is 1. The van der Waals surface area contributed by atoms with Crippen molar-refractivity contribution in [3.8, 4) is 11.1 Å². The number of benzene rings is 2. The van der Waals surface area contributed by atoms with E-state index in [9.17, 15) is 27.8 Å². The van der Waals surface area contributed by atoms with Crippen LogP contribution in [0.1, 0.15) is 29.8 Å². The summed E-state index contributed by atoms with van der Waals surface area (Å²) >= 11 is 0. The molecule has 0 unspecified atom stereocenters. The zero-order chi connectivity index (χ0) is 18.8. The minimum absolute atomic E-state index is 0.0305. The van der Waals surface area contributed by atoms with Gasteiger partial charge in [0, 0.05) is 11.6 Å². The molecule has 0 aliphatic rings. The summed E-state index contributed by atoms with van der Waals surface area (Å²) in [5.74, 6) is -1.89. The van der Waals surface area contributed by atoms with Gasteiger partial charge in [-0.05, 0) is 55.3 Å². The lowest BCUT2D eigenvalue weighted by atomic mass is 10.0. The Kier molecular flexibility index (Phi) is 5.56. The van der Waals surface area contributed by atoms with Gasteiger partial charge in [-0.2, -0.15) is 0 Å². The maximum absolute atomic E-state index is 13.5. The van der Waals surface area contributed by atoms with E-state index in [1.165, 1.54) is 24.3 Å². The third kappa shape index (κ3) is 4.41. The van der Waals surface area contributed by atoms with E-state index in [0.717, 1.165) is 12.1 Å². The van der Waals surface area contributed by atoms with Crippen molar-refractivity contribution in [1.29, 1.82) is 0 Å².